The number of ketones is 1. The van der Waals surface area contributed by atoms with Crippen LogP contribution >= 0.6 is 0 Å². The van der Waals surface area contributed by atoms with E-state index in [0.717, 1.165) is 42.9 Å². The van der Waals surface area contributed by atoms with Gasteiger partial charge in [0.25, 0.3) is 0 Å². The molecular weight excluding hydrogens is 332 g/mol. The number of carbonyl (C=O) groups excluding carboxylic acids is 1. The molecule has 5 aliphatic carbocycles. The van der Waals surface area contributed by atoms with Crippen molar-refractivity contribution in [3.05, 3.63) is 0 Å². The maximum absolute atomic E-state index is 12.2. The molecule has 0 spiro atoms. The summed E-state index contributed by atoms with van der Waals surface area (Å²) in [4.78, 5) is 12.2. The molecule has 0 aliphatic heterocycles. The molecule has 1 N–H and O–H groups in total. The zero-order chi connectivity index (χ0) is 18.8. The van der Waals surface area contributed by atoms with Crippen LogP contribution in [0.25, 0.3) is 0 Å². The van der Waals surface area contributed by atoms with Crippen LogP contribution in [0.3, 0.4) is 0 Å². The highest BCUT2D eigenvalue weighted by molar-refractivity contribution is 5.79. The second-order valence-electron chi connectivity index (χ2n) is 11.0. The van der Waals surface area contributed by atoms with Gasteiger partial charge in [0.05, 0.1) is 0 Å². The molecule has 27 heavy (non-hydrogen) atoms. The number of carbonyl (C=O) groups is 1. The van der Waals surface area contributed by atoms with Crippen molar-refractivity contribution in [2.24, 2.45) is 46.8 Å². The summed E-state index contributed by atoms with van der Waals surface area (Å²) in [6, 6.07) is 0. The summed E-state index contributed by atoms with van der Waals surface area (Å²) in [7, 11) is 0. The zero-order valence-electron chi connectivity index (χ0n) is 17.2. The summed E-state index contributed by atoms with van der Waals surface area (Å²) in [5, 5.41) is 11.1. The van der Waals surface area contributed by atoms with Crippen LogP contribution in [0.2, 0.25) is 0 Å². The van der Waals surface area contributed by atoms with Crippen LogP contribution in [0.5, 0.6) is 0 Å². The fourth-order valence-corrected chi connectivity index (χ4v) is 8.12. The molecule has 8 unspecified atom stereocenters. The Hall–Kier alpha value is -0.810. The second-order valence-corrected chi connectivity index (χ2v) is 11.0. The molecule has 5 rings (SSSR count). The first-order valence-corrected chi connectivity index (χ1v) is 11.7. The average molecular weight is 369 g/mol. The Labute approximate surface area is 164 Å². The Kier molecular flexibility index (Phi) is 4.29. The third-order valence-corrected chi connectivity index (χ3v) is 9.59. The number of rotatable bonds is 1. The molecular formula is C25H36O2. The predicted octanol–water partition coefficient (Wildman–Crippen LogP) is 4.99. The lowest BCUT2D eigenvalue weighted by Crippen LogP contribution is -2.51. The number of Topliss-reactive ketones (excluding diaryl/α,β-unsaturated/α-hetero) is 1. The molecule has 0 aromatic rings. The van der Waals surface area contributed by atoms with E-state index in [9.17, 15) is 9.90 Å². The quantitative estimate of drug-likeness (QED) is 0.662. The van der Waals surface area contributed by atoms with Gasteiger partial charge in [0.1, 0.15) is 11.4 Å². The van der Waals surface area contributed by atoms with E-state index in [0.29, 0.717) is 23.5 Å². The lowest BCUT2D eigenvalue weighted by molar-refractivity contribution is -0.129. The van der Waals surface area contributed by atoms with Crippen LogP contribution in [0, 0.1) is 58.7 Å². The van der Waals surface area contributed by atoms with Crippen molar-refractivity contribution in [3.63, 3.8) is 0 Å². The summed E-state index contributed by atoms with van der Waals surface area (Å²) < 4.78 is 0. The summed E-state index contributed by atoms with van der Waals surface area (Å²) in [5.74, 6) is 11.9. The molecule has 0 bridgehead atoms. The summed E-state index contributed by atoms with van der Waals surface area (Å²) in [5.41, 5.74) is -0.433. The van der Waals surface area contributed by atoms with Gasteiger partial charge in [-0.15, -0.1) is 0 Å². The number of fused-ring (bicyclic) bond motifs is 5. The van der Waals surface area contributed by atoms with Crippen molar-refractivity contribution in [2.45, 2.75) is 90.1 Å². The van der Waals surface area contributed by atoms with Crippen molar-refractivity contribution < 1.29 is 9.90 Å². The van der Waals surface area contributed by atoms with Gasteiger partial charge < -0.3 is 5.11 Å². The van der Waals surface area contributed by atoms with Crippen LogP contribution in [-0.2, 0) is 4.79 Å². The SMILES string of the molecule is CC(=O)C1CCC2C3CCC4CC(O)(C#CC5CC5)CCC4C3CCC12C. The lowest BCUT2D eigenvalue weighted by Gasteiger charge is -2.56. The third-order valence-electron chi connectivity index (χ3n) is 9.59. The molecule has 0 saturated heterocycles. The highest BCUT2D eigenvalue weighted by Crippen LogP contribution is 2.64. The van der Waals surface area contributed by atoms with Crippen LogP contribution in [0.15, 0.2) is 0 Å². The summed E-state index contributed by atoms with van der Waals surface area (Å²) in [6.07, 6.45) is 13.0. The predicted molar refractivity (Wildman–Crippen MR) is 107 cm³/mol. The Morgan fingerprint density at radius 2 is 1.70 bits per heavy atom. The average Bonchev–Trinajstić information content (AvgIpc) is 3.39. The van der Waals surface area contributed by atoms with Crippen molar-refractivity contribution >= 4 is 5.78 Å². The van der Waals surface area contributed by atoms with Crippen molar-refractivity contribution in [1.29, 1.82) is 0 Å². The minimum absolute atomic E-state index is 0.269. The molecule has 8 atom stereocenters. The monoisotopic (exact) mass is 368 g/mol. The van der Waals surface area contributed by atoms with Crippen molar-refractivity contribution in [2.75, 3.05) is 0 Å². The number of hydrogen-bond donors (Lipinski definition) is 1. The normalized spacial score (nSPS) is 51.4. The van der Waals surface area contributed by atoms with Crippen LogP contribution in [0.1, 0.15) is 84.5 Å². The largest absolute Gasteiger partial charge is 0.378 e. The van der Waals surface area contributed by atoms with E-state index in [-0.39, 0.29) is 5.41 Å². The molecule has 5 saturated carbocycles. The van der Waals surface area contributed by atoms with E-state index in [1.807, 2.05) is 6.92 Å². The molecule has 0 radical (unpaired) electrons. The first-order valence-electron chi connectivity index (χ1n) is 11.7. The van der Waals surface area contributed by atoms with E-state index in [4.69, 9.17) is 0 Å². The molecule has 148 valence electrons. The van der Waals surface area contributed by atoms with Crippen LogP contribution in [-0.4, -0.2) is 16.5 Å². The highest BCUT2D eigenvalue weighted by atomic mass is 16.3. The lowest BCUT2D eigenvalue weighted by atomic mass is 9.49. The van der Waals surface area contributed by atoms with Gasteiger partial charge >= 0.3 is 0 Å². The molecule has 0 heterocycles. The fraction of sp³-hybridized carbons (Fsp3) is 0.880. The molecule has 0 aromatic carbocycles. The van der Waals surface area contributed by atoms with E-state index in [2.05, 4.69) is 18.8 Å². The van der Waals surface area contributed by atoms with Gasteiger partial charge in [0.15, 0.2) is 0 Å². The van der Waals surface area contributed by atoms with Gasteiger partial charge in [-0.2, -0.15) is 0 Å². The maximum atomic E-state index is 12.2. The standard InChI is InChI=1S/C25H36O2/c1-16(26)22-7-8-23-21-6-5-18-15-25(27,13-9-17-3-4-17)14-11-19(18)20(21)10-12-24(22,23)2/h17-23,27H,3-8,10-12,14-15H2,1-2H3. The van der Waals surface area contributed by atoms with Gasteiger partial charge in [-0.05, 0) is 113 Å². The van der Waals surface area contributed by atoms with Gasteiger partial charge in [-0.1, -0.05) is 18.8 Å². The minimum atomic E-state index is -0.702. The Morgan fingerprint density at radius 3 is 2.44 bits per heavy atom. The van der Waals surface area contributed by atoms with Gasteiger partial charge in [0, 0.05) is 11.8 Å². The smallest absolute Gasteiger partial charge is 0.133 e. The molecule has 5 fully saturated rings. The molecule has 2 heteroatoms. The Morgan fingerprint density at radius 1 is 0.926 bits per heavy atom. The molecule has 5 aliphatic rings. The van der Waals surface area contributed by atoms with Gasteiger partial charge in [-0.25, -0.2) is 0 Å². The third kappa shape index (κ3) is 3.00. The highest BCUT2D eigenvalue weighted by Gasteiger charge is 2.58. The molecule has 0 amide bonds. The van der Waals surface area contributed by atoms with E-state index in [1.54, 1.807) is 0 Å². The van der Waals surface area contributed by atoms with Gasteiger partial charge in [0.2, 0.25) is 0 Å². The van der Waals surface area contributed by atoms with Gasteiger partial charge in [-0.3, -0.25) is 4.79 Å². The summed E-state index contributed by atoms with van der Waals surface area (Å²) >= 11 is 0. The van der Waals surface area contributed by atoms with Crippen molar-refractivity contribution in [3.8, 4) is 11.8 Å². The Balaban J connectivity index is 1.32. The van der Waals surface area contributed by atoms with E-state index >= 15 is 0 Å². The second kappa shape index (κ2) is 6.35. The van der Waals surface area contributed by atoms with Crippen LogP contribution < -0.4 is 0 Å². The maximum Gasteiger partial charge on any atom is 0.133 e. The topological polar surface area (TPSA) is 37.3 Å². The van der Waals surface area contributed by atoms with E-state index in [1.165, 1.54) is 51.4 Å². The first-order chi connectivity index (χ1) is 12.9. The summed E-state index contributed by atoms with van der Waals surface area (Å²) in [6.45, 7) is 4.26. The van der Waals surface area contributed by atoms with Crippen LogP contribution in [0.4, 0.5) is 0 Å². The zero-order valence-corrected chi connectivity index (χ0v) is 17.2. The first kappa shape index (κ1) is 18.2. The number of hydrogen-bond acceptors (Lipinski definition) is 2. The Bertz CT molecular complexity index is 682. The fourth-order valence-electron chi connectivity index (χ4n) is 8.12. The molecule has 2 nitrogen and oxygen atoms in total. The van der Waals surface area contributed by atoms with Crippen molar-refractivity contribution in [1.82, 2.24) is 0 Å². The number of aliphatic hydroxyl groups is 1. The van der Waals surface area contributed by atoms with E-state index < -0.39 is 5.60 Å². The molecule has 0 aromatic heterocycles. The minimum Gasteiger partial charge on any atom is -0.378 e.